The van der Waals surface area contributed by atoms with Crippen LogP contribution in [0.25, 0.3) is 22.2 Å². The van der Waals surface area contributed by atoms with E-state index in [0.29, 0.717) is 33.0 Å². The third kappa shape index (κ3) is 4.17. The van der Waals surface area contributed by atoms with E-state index in [-0.39, 0.29) is 5.76 Å². The van der Waals surface area contributed by atoms with E-state index in [0.717, 1.165) is 11.8 Å². The van der Waals surface area contributed by atoms with Crippen molar-refractivity contribution in [1.29, 1.82) is 0 Å². The number of halogens is 1. The summed E-state index contributed by atoms with van der Waals surface area (Å²) < 4.78 is 43.6. The highest BCUT2D eigenvalue weighted by atomic mass is 32.2. The van der Waals surface area contributed by atoms with Gasteiger partial charge in [-0.1, -0.05) is 12.1 Å². The van der Waals surface area contributed by atoms with E-state index in [4.69, 9.17) is 4.42 Å². The number of hydrogen-bond acceptors (Lipinski definition) is 6. The second-order valence-corrected chi connectivity index (χ2v) is 9.84. The number of hydrogen-bond donors (Lipinski definition) is 1. The monoisotopic (exact) mass is 459 g/mol. The van der Waals surface area contributed by atoms with Gasteiger partial charge < -0.3 is 4.42 Å². The van der Waals surface area contributed by atoms with Crippen LogP contribution in [0, 0.1) is 12.7 Å². The molecule has 31 heavy (non-hydrogen) atoms. The first-order chi connectivity index (χ1) is 14.6. The average Bonchev–Trinajstić information content (AvgIpc) is 3.32. The molecule has 1 amide bonds. The maximum atomic E-state index is 13.5. The lowest BCUT2D eigenvalue weighted by molar-refractivity contribution is 0.0998. The predicted molar refractivity (Wildman–Crippen MR) is 120 cm³/mol. The minimum absolute atomic E-state index is 0.102. The Bertz CT molecular complexity index is 1390. The van der Waals surface area contributed by atoms with Crippen LogP contribution in [0.1, 0.15) is 16.1 Å². The Morgan fingerprint density at radius 2 is 1.90 bits per heavy atom. The number of rotatable bonds is 5. The maximum absolute atomic E-state index is 13.5. The SMILES string of the molecule is Cc1c(C(=O)Nc2nc(-c3ccc(N(C)S(C)(=O)=O)cc3)cs2)oc2ccc(F)cc12. The zero-order valence-corrected chi connectivity index (χ0v) is 18.5. The fraction of sp³-hybridized carbons (Fsp3) is 0.143. The number of thiazole rings is 1. The lowest BCUT2D eigenvalue weighted by Gasteiger charge is -2.16. The fourth-order valence-corrected chi connectivity index (χ4v) is 4.28. The lowest BCUT2D eigenvalue weighted by atomic mass is 10.1. The van der Waals surface area contributed by atoms with E-state index in [1.165, 1.54) is 40.9 Å². The third-order valence-electron chi connectivity index (χ3n) is 4.85. The van der Waals surface area contributed by atoms with Crippen molar-refractivity contribution in [1.82, 2.24) is 4.98 Å². The summed E-state index contributed by atoms with van der Waals surface area (Å²) in [6.07, 6.45) is 1.14. The number of aromatic nitrogens is 1. The van der Waals surface area contributed by atoms with Gasteiger partial charge in [-0.25, -0.2) is 17.8 Å². The molecule has 0 aliphatic rings. The van der Waals surface area contributed by atoms with Crippen LogP contribution < -0.4 is 9.62 Å². The van der Waals surface area contributed by atoms with Crippen molar-refractivity contribution in [3.8, 4) is 11.3 Å². The second-order valence-electron chi connectivity index (χ2n) is 6.97. The number of carbonyl (C=O) groups excluding carboxylic acids is 1. The van der Waals surface area contributed by atoms with Gasteiger partial charge in [-0.15, -0.1) is 11.3 Å². The van der Waals surface area contributed by atoms with Gasteiger partial charge in [0.2, 0.25) is 10.0 Å². The molecule has 0 radical (unpaired) electrons. The van der Waals surface area contributed by atoms with E-state index < -0.39 is 21.7 Å². The van der Waals surface area contributed by atoms with Crippen LogP contribution in [0.5, 0.6) is 0 Å². The zero-order valence-electron chi connectivity index (χ0n) is 16.8. The van der Waals surface area contributed by atoms with E-state index >= 15 is 0 Å². The first kappa shape index (κ1) is 21.0. The van der Waals surface area contributed by atoms with Crippen molar-refractivity contribution in [2.75, 3.05) is 22.9 Å². The minimum atomic E-state index is -3.34. The van der Waals surface area contributed by atoms with E-state index in [2.05, 4.69) is 10.3 Å². The van der Waals surface area contributed by atoms with E-state index in [1.807, 2.05) is 0 Å². The van der Waals surface area contributed by atoms with Crippen LogP contribution in [0.15, 0.2) is 52.3 Å². The van der Waals surface area contributed by atoms with Crippen LogP contribution in [0.2, 0.25) is 0 Å². The number of sulfonamides is 1. The van der Waals surface area contributed by atoms with Crippen LogP contribution >= 0.6 is 11.3 Å². The smallest absolute Gasteiger partial charge is 0.293 e. The Morgan fingerprint density at radius 3 is 2.58 bits per heavy atom. The first-order valence-corrected chi connectivity index (χ1v) is 11.9. The highest BCUT2D eigenvalue weighted by Gasteiger charge is 2.19. The summed E-state index contributed by atoms with van der Waals surface area (Å²) in [7, 11) is -1.86. The van der Waals surface area contributed by atoms with Crippen LogP contribution in [0.3, 0.4) is 0 Å². The molecule has 0 saturated carbocycles. The molecule has 0 bridgehead atoms. The van der Waals surface area contributed by atoms with Gasteiger partial charge >= 0.3 is 0 Å². The van der Waals surface area contributed by atoms with Crippen molar-refractivity contribution in [2.45, 2.75) is 6.92 Å². The predicted octanol–water partition coefficient (Wildman–Crippen LogP) is 4.65. The number of nitrogens with one attached hydrogen (secondary N) is 1. The molecule has 2 aromatic heterocycles. The Morgan fingerprint density at radius 1 is 1.19 bits per heavy atom. The van der Waals surface area contributed by atoms with Gasteiger partial charge in [-0.2, -0.15) is 0 Å². The maximum Gasteiger partial charge on any atom is 0.293 e. The molecule has 2 aromatic carbocycles. The molecular formula is C21H18FN3O4S2. The molecule has 0 fully saturated rings. The molecule has 2 heterocycles. The highest BCUT2D eigenvalue weighted by Crippen LogP contribution is 2.29. The van der Waals surface area contributed by atoms with Crippen molar-refractivity contribution < 1.29 is 22.0 Å². The molecule has 1 N–H and O–H groups in total. The van der Waals surface area contributed by atoms with E-state index in [1.54, 1.807) is 36.6 Å². The summed E-state index contributed by atoms with van der Waals surface area (Å²) in [6, 6.07) is 11.0. The number of furan rings is 1. The number of nitrogens with zero attached hydrogens (tertiary/aromatic N) is 2. The lowest BCUT2D eigenvalue weighted by Crippen LogP contribution is -2.24. The zero-order chi connectivity index (χ0) is 22.3. The molecule has 0 aliphatic carbocycles. The quantitative estimate of drug-likeness (QED) is 0.469. The van der Waals surface area contributed by atoms with Crippen molar-refractivity contribution in [3.05, 3.63) is 65.0 Å². The number of amides is 1. The Kier molecular flexibility index (Phi) is 5.28. The third-order valence-corrected chi connectivity index (χ3v) is 6.82. The van der Waals surface area contributed by atoms with Gasteiger partial charge in [0.25, 0.3) is 5.91 Å². The standard InChI is InChI=1S/C21H18FN3O4S2/c1-12-16-10-14(22)6-9-18(16)29-19(12)20(26)24-21-23-17(11-30-21)13-4-7-15(8-5-13)25(2)31(3,27)28/h4-11H,1-3H3,(H,23,24,26). The second kappa shape index (κ2) is 7.78. The molecule has 0 atom stereocenters. The van der Waals surface area contributed by atoms with Crippen LogP contribution in [-0.4, -0.2) is 32.6 Å². The molecule has 4 aromatic rings. The Hall–Kier alpha value is -3.24. The average molecular weight is 460 g/mol. The molecule has 7 nitrogen and oxygen atoms in total. The number of benzene rings is 2. The Balaban J connectivity index is 1.53. The van der Waals surface area contributed by atoms with Crippen molar-refractivity contribution in [3.63, 3.8) is 0 Å². The molecule has 160 valence electrons. The van der Waals surface area contributed by atoms with Gasteiger partial charge in [0.1, 0.15) is 11.4 Å². The number of fused-ring (bicyclic) bond motifs is 1. The summed E-state index contributed by atoms with van der Waals surface area (Å²) in [4.78, 5) is 17.1. The summed E-state index contributed by atoms with van der Waals surface area (Å²) in [5, 5.41) is 5.41. The van der Waals surface area contributed by atoms with Crippen LogP contribution in [-0.2, 0) is 10.0 Å². The molecular weight excluding hydrogens is 441 g/mol. The molecule has 10 heteroatoms. The molecule has 0 unspecified atom stereocenters. The summed E-state index contributed by atoms with van der Waals surface area (Å²) in [5.74, 6) is -0.771. The van der Waals surface area contributed by atoms with Gasteiger partial charge in [-0.05, 0) is 37.3 Å². The van der Waals surface area contributed by atoms with Gasteiger partial charge in [0, 0.05) is 28.9 Å². The first-order valence-electron chi connectivity index (χ1n) is 9.13. The van der Waals surface area contributed by atoms with Crippen LogP contribution in [0.4, 0.5) is 15.2 Å². The normalized spacial score (nSPS) is 11.6. The number of aryl methyl sites for hydroxylation is 1. The fourth-order valence-electron chi connectivity index (χ4n) is 3.06. The van der Waals surface area contributed by atoms with Gasteiger partial charge in [0.05, 0.1) is 17.6 Å². The molecule has 0 aliphatic heterocycles. The highest BCUT2D eigenvalue weighted by molar-refractivity contribution is 7.92. The Labute approximate surface area is 182 Å². The largest absolute Gasteiger partial charge is 0.451 e. The van der Waals surface area contributed by atoms with E-state index in [9.17, 15) is 17.6 Å². The molecule has 0 saturated heterocycles. The summed E-state index contributed by atoms with van der Waals surface area (Å²) in [6.45, 7) is 1.70. The molecule has 0 spiro atoms. The number of carbonyl (C=O) groups is 1. The van der Waals surface area contributed by atoms with Gasteiger partial charge in [0.15, 0.2) is 10.9 Å². The summed E-state index contributed by atoms with van der Waals surface area (Å²) in [5.41, 5.74) is 2.93. The van der Waals surface area contributed by atoms with Gasteiger partial charge in [-0.3, -0.25) is 14.4 Å². The minimum Gasteiger partial charge on any atom is -0.451 e. The molecule has 4 rings (SSSR count). The van der Waals surface area contributed by atoms with Crippen molar-refractivity contribution >= 4 is 49.1 Å². The topological polar surface area (TPSA) is 92.5 Å². The van der Waals surface area contributed by atoms with Crippen molar-refractivity contribution in [2.24, 2.45) is 0 Å². The summed E-state index contributed by atoms with van der Waals surface area (Å²) >= 11 is 1.25. The number of anilines is 2.